The molecule has 2 N–H and O–H groups in total. The van der Waals surface area contributed by atoms with Gasteiger partial charge in [-0.2, -0.15) is 0 Å². The molecule has 0 aromatic heterocycles. The minimum Gasteiger partial charge on any atom is -0.497 e. The fourth-order valence-electron chi connectivity index (χ4n) is 2.24. The lowest BCUT2D eigenvalue weighted by Gasteiger charge is -2.13. The number of nitrogens with zero attached hydrogens (tertiary/aromatic N) is 1. The van der Waals surface area contributed by atoms with Crippen LogP contribution in [0.1, 0.15) is 22.3 Å². The third kappa shape index (κ3) is 4.76. The number of oxime groups is 1. The van der Waals surface area contributed by atoms with Crippen molar-refractivity contribution >= 4 is 27.7 Å². The zero-order valence-corrected chi connectivity index (χ0v) is 16.7. The quantitative estimate of drug-likeness (QED) is 0.333. The fourth-order valence-corrected chi connectivity index (χ4v) is 2.65. The molecule has 0 aliphatic carbocycles. The van der Waals surface area contributed by atoms with Crippen LogP contribution in [-0.4, -0.2) is 25.5 Å². The molecule has 0 heterocycles. The largest absolute Gasteiger partial charge is 0.497 e. The minimum absolute atomic E-state index is 0.0903. The number of halogens is 1. The van der Waals surface area contributed by atoms with Crippen LogP contribution in [0.4, 0.5) is 0 Å². The van der Waals surface area contributed by atoms with Crippen LogP contribution in [0.15, 0.2) is 40.0 Å². The number of rotatable bonds is 6. The van der Waals surface area contributed by atoms with Gasteiger partial charge in [-0.1, -0.05) is 21.1 Å². The lowest BCUT2D eigenvalue weighted by molar-refractivity contribution is -0.146. The molecule has 0 saturated heterocycles. The monoisotopic (exact) mass is 420 g/mol. The molecule has 138 valence electrons. The lowest BCUT2D eigenvalue weighted by Crippen LogP contribution is -2.18. The van der Waals surface area contributed by atoms with E-state index >= 15 is 0 Å². The van der Waals surface area contributed by atoms with E-state index in [0.29, 0.717) is 17.1 Å². The summed E-state index contributed by atoms with van der Waals surface area (Å²) in [7, 11) is 1.57. The molecule has 0 saturated carbocycles. The third-order valence-corrected chi connectivity index (χ3v) is 5.15. The molecule has 6 nitrogen and oxygen atoms in total. The SMILES string of the molecule is COc1ccc(/C(N)=N/OC(=O)COc2cc(C)c(Br)c(C)c2C)cc1. The Morgan fingerprint density at radius 3 is 2.42 bits per heavy atom. The number of nitrogens with two attached hydrogens (primary N) is 1. The van der Waals surface area contributed by atoms with Gasteiger partial charge in [0, 0.05) is 10.0 Å². The second-order valence-corrected chi connectivity index (χ2v) is 6.51. The normalized spacial score (nSPS) is 11.2. The number of benzene rings is 2. The molecule has 0 bridgehead atoms. The van der Waals surface area contributed by atoms with E-state index in [1.165, 1.54) is 0 Å². The zero-order chi connectivity index (χ0) is 19.3. The Labute approximate surface area is 161 Å². The third-order valence-electron chi connectivity index (χ3n) is 3.93. The van der Waals surface area contributed by atoms with Crippen molar-refractivity contribution in [2.75, 3.05) is 13.7 Å². The molecule has 0 spiro atoms. The molecule has 7 heteroatoms. The summed E-state index contributed by atoms with van der Waals surface area (Å²) < 4.78 is 11.7. The molecule has 0 fully saturated rings. The first-order valence-corrected chi connectivity index (χ1v) is 8.69. The first kappa shape index (κ1) is 19.8. The summed E-state index contributed by atoms with van der Waals surface area (Å²) in [6.07, 6.45) is 0. The number of methoxy groups -OCH3 is 1. The van der Waals surface area contributed by atoms with Crippen LogP contribution in [0, 0.1) is 20.8 Å². The van der Waals surface area contributed by atoms with Gasteiger partial charge in [0.05, 0.1) is 7.11 Å². The number of hydrogen-bond donors (Lipinski definition) is 1. The molecular weight excluding hydrogens is 400 g/mol. The van der Waals surface area contributed by atoms with Crippen LogP contribution in [0.2, 0.25) is 0 Å². The molecule has 2 aromatic carbocycles. The van der Waals surface area contributed by atoms with Gasteiger partial charge < -0.3 is 20.0 Å². The summed E-state index contributed by atoms with van der Waals surface area (Å²) in [5.74, 6) is 0.779. The molecule has 0 amide bonds. The predicted octanol–water partition coefficient (Wildman–Crippen LogP) is 3.63. The van der Waals surface area contributed by atoms with Gasteiger partial charge in [-0.15, -0.1) is 0 Å². The van der Waals surface area contributed by atoms with E-state index < -0.39 is 5.97 Å². The van der Waals surface area contributed by atoms with Gasteiger partial charge in [0.1, 0.15) is 11.5 Å². The molecule has 0 aliphatic rings. The van der Waals surface area contributed by atoms with Gasteiger partial charge >= 0.3 is 5.97 Å². The van der Waals surface area contributed by atoms with Crippen molar-refractivity contribution in [2.24, 2.45) is 10.9 Å². The van der Waals surface area contributed by atoms with Crippen LogP contribution in [0.25, 0.3) is 0 Å². The number of aryl methyl sites for hydroxylation is 1. The van der Waals surface area contributed by atoms with E-state index in [1.807, 2.05) is 26.8 Å². The maximum Gasteiger partial charge on any atom is 0.372 e. The molecule has 0 radical (unpaired) electrons. The Morgan fingerprint density at radius 1 is 1.15 bits per heavy atom. The van der Waals surface area contributed by atoms with Gasteiger partial charge in [0.2, 0.25) is 0 Å². The Kier molecular flexibility index (Phi) is 6.63. The van der Waals surface area contributed by atoms with E-state index in [-0.39, 0.29) is 12.4 Å². The maximum absolute atomic E-state index is 11.9. The van der Waals surface area contributed by atoms with Crippen LogP contribution in [-0.2, 0) is 9.63 Å². The summed E-state index contributed by atoms with van der Waals surface area (Å²) in [5, 5.41) is 3.65. The number of carbonyl (C=O) groups is 1. The Morgan fingerprint density at radius 2 is 1.81 bits per heavy atom. The average molecular weight is 421 g/mol. The lowest BCUT2D eigenvalue weighted by atomic mass is 10.1. The Hall–Kier alpha value is -2.54. The van der Waals surface area contributed by atoms with Crippen LogP contribution in [0.5, 0.6) is 11.5 Å². The molecule has 0 unspecified atom stereocenters. The average Bonchev–Trinajstić information content (AvgIpc) is 2.66. The number of amidine groups is 1. The number of hydrogen-bond acceptors (Lipinski definition) is 5. The van der Waals surface area contributed by atoms with Crippen LogP contribution >= 0.6 is 15.9 Å². The molecular formula is C19H21BrN2O4. The van der Waals surface area contributed by atoms with Crippen molar-refractivity contribution in [2.45, 2.75) is 20.8 Å². The molecule has 2 aromatic rings. The highest BCUT2D eigenvalue weighted by atomic mass is 79.9. The number of carbonyl (C=O) groups excluding carboxylic acids is 1. The van der Waals surface area contributed by atoms with Gasteiger partial charge in [0.15, 0.2) is 12.4 Å². The first-order valence-electron chi connectivity index (χ1n) is 7.90. The van der Waals surface area contributed by atoms with Gasteiger partial charge in [-0.25, -0.2) is 4.79 Å². The zero-order valence-electron chi connectivity index (χ0n) is 15.1. The number of ether oxygens (including phenoxy) is 2. The van der Waals surface area contributed by atoms with E-state index in [0.717, 1.165) is 21.2 Å². The Balaban J connectivity index is 1.96. The van der Waals surface area contributed by atoms with Gasteiger partial charge in [-0.3, -0.25) is 0 Å². The molecule has 0 atom stereocenters. The highest BCUT2D eigenvalue weighted by molar-refractivity contribution is 9.10. The van der Waals surface area contributed by atoms with E-state index in [4.69, 9.17) is 20.0 Å². The highest BCUT2D eigenvalue weighted by Gasteiger charge is 2.12. The summed E-state index contributed by atoms with van der Waals surface area (Å²) >= 11 is 3.53. The minimum atomic E-state index is -0.640. The van der Waals surface area contributed by atoms with Crippen molar-refractivity contribution in [3.05, 3.63) is 57.1 Å². The topological polar surface area (TPSA) is 83.1 Å². The summed E-state index contributed by atoms with van der Waals surface area (Å²) in [6, 6.07) is 8.79. The second-order valence-electron chi connectivity index (χ2n) is 5.71. The molecule has 2 rings (SSSR count). The van der Waals surface area contributed by atoms with E-state index in [2.05, 4.69) is 21.1 Å². The maximum atomic E-state index is 11.9. The fraction of sp³-hybridized carbons (Fsp3) is 0.263. The molecule has 0 aliphatic heterocycles. The summed E-state index contributed by atoms with van der Waals surface area (Å²) in [5.41, 5.74) is 9.47. The van der Waals surface area contributed by atoms with Crippen molar-refractivity contribution in [3.8, 4) is 11.5 Å². The summed E-state index contributed by atoms with van der Waals surface area (Å²) in [6.45, 7) is 5.61. The van der Waals surface area contributed by atoms with Gasteiger partial charge in [-0.05, 0) is 67.8 Å². The van der Waals surface area contributed by atoms with Crippen LogP contribution < -0.4 is 15.2 Å². The molecule has 26 heavy (non-hydrogen) atoms. The van der Waals surface area contributed by atoms with Crippen LogP contribution in [0.3, 0.4) is 0 Å². The Bertz CT molecular complexity index is 832. The van der Waals surface area contributed by atoms with Crippen molar-refractivity contribution < 1.29 is 19.1 Å². The van der Waals surface area contributed by atoms with E-state index in [9.17, 15) is 4.79 Å². The first-order chi connectivity index (χ1) is 12.3. The summed E-state index contributed by atoms with van der Waals surface area (Å²) in [4.78, 5) is 16.7. The predicted molar refractivity (Wildman–Crippen MR) is 104 cm³/mol. The highest BCUT2D eigenvalue weighted by Crippen LogP contribution is 2.31. The van der Waals surface area contributed by atoms with Crippen molar-refractivity contribution in [1.82, 2.24) is 0 Å². The smallest absolute Gasteiger partial charge is 0.372 e. The van der Waals surface area contributed by atoms with Gasteiger partial charge in [0.25, 0.3) is 0 Å². The van der Waals surface area contributed by atoms with Crippen molar-refractivity contribution in [1.29, 1.82) is 0 Å². The second kappa shape index (κ2) is 8.71. The standard InChI is InChI=1S/C19H21BrN2O4/c1-11-9-16(12(2)13(3)18(11)20)25-10-17(23)26-22-19(21)14-5-7-15(24-4)8-6-14/h5-9H,10H2,1-4H3,(H2,21,22). The van der Waals surface area contributed by atoms with E-state index in [1.54, 1.807) is 31.4 Å². The van der Waals surface area contributed by atoms with Crippen molar-refractivity contribution in [3.63, 3.8) is 0 Å².